The lowest BCUT2D eigenvalue weighted by Crippen LogP contribution is -2.42. The van der Waals surface area contributed by atoms with E-state index in [1.54, 1.807) is 0 Å². The van der Waals surface area contributed by atoms with Crippen molar-refractivity contribution in [2.75, 3.05) is 0 Å². The molecule has 0 saturated carbocycles. The number of halogens is 1. The molecule has 0 amide bonds. The van der Waals surface area contributed by atoms with Gasteiger partial charge in [-0.25, -0.2) is 16.0 Å². The van der Waals surface area contributed by atoms with Crippen LogP contribution in [0.5, 0.6) is 0 Å². The van der Waals surface area contributed by atoms with E-state index in [1.807, 2.05) is 30.3 Å². The minimum atomic E-state index is 0.758. The zero-order valence-electron chi connectivity index (χ0n) is 7.31. The van der Waals surface area contributed by atoms with E-state index < -0.39 is 0 Å². The van der Waals surface area contributed by atoms with E-state index in [-0.39, 0.29) is 0 Å². The first-order valence-corrected chi connectivity index (χ1v) is 4.86. The summed E-state index contributed by atoms with van der Waals surface area (Å²) in [5, 5.41) is 1.29. The molecule has 1 heterocycles. The highest BCUT2D eigenvalue weighted by molar-refractivity contribution is 9.11. The first kappa shape index (κ1) is 9.23. The molecule has 0 bridgehead atoms. The Bertz CT molecular complexity index is 385. The summed E-state index contributed by atoms with van der Waals surface area (Å²) < 4.78 is 0.758. The second-order valence-electron chi connectivity index (χ2n) is 2.79. The van der Waals surface area contributed by atoms with Gasteiger partial charge in [-0.15, -0.1) is 0 Å². The lowest BCUT2D eigenvalue weighted by molar-refractivity contribution is 0.378. The molecule has 1 aliphatic heterocycles. The van der Waals surface area contributed by atoms with Crippen molar-refractivity contribution in [2.24, 2.45) is 10.8 Å². The third-order valence-electron chi connectivity index (χ3n) is 1.79. The zero-order chi connectivity index (χ0) is 9.97. The molecule has 1 aromatic rings. The largest absolute Gasteiger partial charge is 0.274 e. The van der Waals surface area contributed by atoms with Gasteiger partial charge in [-0.3, -0.25) is 5.43 Å². The van der Waals surface area contributed by atoms with Gasteiger partial charge in [-0.2, -0.15) is 0 Å². The smallest absolute Gasteiger partial charge is 0.128 e. The van der Waals surface area contributed by atoms with Gasteiger partial charge in [0.15, 0.2) is 0 Å². The molecule has 1 aromatic carbocycles. The number of hydrogen-bond donors (Lipinski definition) is 2. The normalized spacial score (nSPS) is 15.7. The fourth-order valence-corrected chi connectivity index (χ4v) is 1.71. The van der Waals surface area contributed by atoms with Gasteiger partial charge < -0.3 is 0 Å². The van der Waals surface area contributed by atoms with E-state index in [4.69, 9.17) is 5.84 Å². The van der Waals surface area contributed by atoms with Crippen molar-refractivity contribution in [3.05, 3.63) is 40.5 Å². The molecule has 5 heteroatoms. The fourth-order valence-electron chi connectivity index (χ4n) is 1.17. The molecule has 0 aromatic heterocycles. The molecule has 0 radical (unpaired) electrons. The highest BCUT2D eigenvalue weighted by Gasteiger charge is 2.10. The van der Waals surface area contributed by atoms with E-state index in [0.717, 1.165) is 15.9 Å². The Hall–Kier alpha value is -1.33. The van der Waals surface area contributed by atoms with Gasteiger partial charge in [0.2, 0.25) is 0 Å². The molecule has 0 fully saturated rings. The number of nitrogens with two attached hydrogens (primary N) is 1. The maximum absolute atomic E-state index is 5.47. The lowest BCUT2D eigenvalue weighted by Gasteiger charge is -2.20. The van der Waals surface area contributed by atoms with Crippen LogP contribution in [-0.4, -0.2) is 11.5 Å². The van der Waals surface area contributed by atoms with Gasteiger partial charge in [0, 0.05) is 5.56 Å². The van der Waals surface area contributed by atoms with Gasteiger partial charge in [0.1, 0.15) is 16.6 Å². The van der Waals surface area contributed by atoms with Crippen LogP contribution >= 0.6 is 15.9 Å². The van der Waals surface area contributed by atoms with Crippen molar-refractivity contribution in [3.63, 3.8) is 0 Å². The van der Waals surface area contributed by atoms with Crippen molar-refractivity contribution in [1.29, 1.82) is 0 Å². The number of hydrogen-bond acceptors (Lipinski definition) is 4. The molecule has 0 aliphatic carbocycles. The predicted octanol–water partition coefficient (Wildman–Crippen LogP) is 1.43. The number of rotatable bonds is 1. The monoisotopic (exact) mass is 252 g/mol. The van der Waals surface area contributed by atoms with Crippen LogP contribution in [0, 0.1) is 0 Å². The molecular formula is C9H9BrN4. The van der Waals surface area contributed by atoms with Crippen molar-refractivity contribution in [3.8, 4) is 0 Å². The van der Waals surface area contributed by atoms with Crippen LogP contribution in [0.2, 0.25) is 0 Å². The Labute approximate surface area is 90.2 Å². The molecule has 0 unspecified atom stereocenters. The average molecular weight is 253 g/mol. The summed E-state index contributed by atoms with van der Waals surface area (Å²) in [7, 11) is 0. The highest BCUT2D eigenvalue weighted by Crippen LogP contribution is 2.23. The summed E-state index contributed by atoms with van der Waals surface area (Å²) in [6.45, 7) is 0. The second-order valence-corrected chi connectivity index (χ2v) is 3.59. The summed E-state index contributed by atoms with van der Waals surface area (Å²) in [5.74, 6) is 5.47. The molecule has 0 saturated heterocycles. The van der Waals surface area contributed by atoms with Crippen molar-refractivity contribution < 1.29 is 0 Å². The maximum Gasteiger partial charge on any atom is 0.128 e. The van der Waals surface area contributed by atoms with E-state index >= 15 is 0 Å². The Balaban J connectivity index is 2.37. The van der Waals surface area contributed by atoms with Crippen LogP contribution in [0.15, 0.2) is 39.9 Å². The Morgan fingerprint density at radius 3 is 2.64 bits per heavy atom. The molecule has 0 atom stereocenters. The summed E-state index contributed by atoms with van der Waals surface area (Å²) in [4.78, 5) is 4.21. The summed E-state index contributed by atoms with van der Waals surface area (Å²) >= 11 is 3.36. The number of hydrazine groups is 2. The third-order valence-corrected chi connectivity index (χ3v) is 2.35. The molecule has 72 valence electrons. The van der Waals surface area contributed by atoms with Crippen molar-refractivity contribution in [2.45, 2.75) is 0 Å². The van der Waals surface area contributed by atoms with Gasteiger partial charge >= 0.3 is 0 Å². The van der Waals surface area contributed by atoms with Gasteiger partial charge in [0.25, 0.3) is 0 Å². The topological polar surface area (TPSA) is 53.6 Å². The molecule has 0 spiro atoms. The molecule has 3 N–H and O–H groups in total. The Morgan fingerprint density at radius 2 is 2.00 bits per heavy atom. The fraction of sp³-hybridized carbons (Fsp3) is 0. The Morgan fingerprint density at radius 1 is 1.29 bits per heavy atom. The molecular weight excluding hydrogens is 244 g/mol. The minimum absolute atomic E-state index is 0.758. The van der Waals surface area contributed by atoms with Crippen LogP contribution in [0.4, 0.5) is 0 Å². The maximum atomic E-state index is 5.47. The van der Waals surface area contributed by atoms with Gasteiger partial charge in [-0.05, 0) is 15.9 Å². The van der Waals surface area contributed by atoms with Crippen molar-refractivity contribution >= 4 is 28.0 Å². The van der Waals surface area contributed by atoms with E-state index in [0.29, 0.717) is 0 Å². The predicted molar refractivity (Wildman–Crippen MR) is 59.9 cm³/mol. The molecule has 14 heavy (non-hydrogen) atoms. The minimum Gasteiger partial charge on any atom is -0.274 e. The standard InChI is InChI=1S/C9H9BrN4/c10-9-8(12-6-14(11)13-9)7-4-2-1-3-5-7/h1-6,13H,11H2. The van der Waals surface area contributed by atoms with E-state index in [1.165, 1.54) is 11.5 Å². The molecule has 2 rings (SSSR count). The number of aliphatic imine (C=N–C) groups is 1. The number of benzene rings is 1. The third kappa shape index (κ3) is 1.78. The van der Waals surface area contributed by atoms with E-state index in [9.17, 15) is 0 Å². The number of nitrogens with one attached hydrogen (secondary N) is 1. The number of nitrogens with zero attached hydrogens (tertiary/aromatic N) is 2. The van der Waals surface area contributed by atoms with Gasteiger partial charge in [-0.1, -0.05) is 30.3 Å². The van der Waals surface area contributed by atoms with E-state index in [2.05, 4.69) is 26.3 Å². The van der Waals surface area contributed by atoms with Crippen molar-refractivity contribution in [1.82, 2.24) is 10.5 Å². The van der Waals surface area contributed by atoms with Crippen LogP contribution in [0.1, 0.15) is 5.56 Å². The Kier molecular flexibility index (Phi) is 2.51. The quantitative estimate of drug-likeness (QED) is 0.588. The van der Waals surface area contributed by atoms with Crippen LogP contribution in [-0.2, 0) is 0 Å². The second kappa shape index (κ2) is 3.81. The zero-order valence-corrected chi connectivity index (χ0v) is 8.90. The van der Waals surface area contributed by atoms with Crippen LogP contribution < -0.4 is 11.3 Å². The summed E-state index contributed by atoms with van der Waals surface area (Å²) in [6.07, 6.45) is 1.52. The average Bonchev–Trinajstić information content (AvgIpc) is 2.19. The SMILES string of the molecule is NN1C=NC(c2ccccc2)=C(Br)N1. The lowest BCUT2D eigenvalue weighted by atomic mass is 10.2. The first-order valence-electron chi connectivity index (χ1n) is 4.07. The van der Waals surface area contributed by atoms with Crippen LogP contribution in [0.3, 0.4) is 0 Å². The first-order chi connectivity index (χ1) is 6.77. The molecule has 1 aliphatic rings. The molecule has 4 nitrogen and oxygen atoms in total. The van der Waals surface area contributed by atoms with Gasteiger partial charge in [0.05, 0.1) is 0 Å². The highest BCUT2D eigenvalue weighted by atomic mass is 79.9. The van der Waals surface area contributed by atoms with Crippen LogP contribution in [0.25, 0.3) is 5.70 Å². The summed E-state index contributed by atoms with van der Waals surface area (Å²) in [5.41, 5.74) is 4.76. The summed E-state index contributed by atoms with van der Waals surface area (Å²) in [6, 6.07) is 9.87.